The van der Waals surface area contributed by atoms with Gasteiger partial charge in [-0.05, 0) is 25.2 Å². The van der Waals surface area contributed by atoms with Crippen LogP contribution in [0.3, 0.4) is 0 Å². The molecule has 0 aromatic heterocycles. The fourth-order valence-corrected chi connectivity index (χ4v) is 2.50. The second-order valence-electron chi connectivity index (χ2n) is 5.49. The van der Waals surface area contributed by atoms with E-state index in [0.29, 0.717) is 32.5 Å². The average molecular weight is 255 g/mol. The summed E-state index contributed by atoms with van der Waals surface area (Å²) in [4.78, 5) is 22.8. The summed E-state index contributed by atoms with van der Waals surface area (Å²) in [5.41, 5.74) is -0.593. The van der Waals surface area contributed by atoms with Crippen LogP contribution in [0.4, 0.5) is 0 Å². The molecule has 1 aliphatic carbocycles. The summed E-state index contributed by atoms with van der Waals surface area (Å²) >= 11 is 0. The second kappa shape index (κ2) is 5.69. The number of carboxylic acids is 1. The lowest BCUT2D eigenvalue weighted by Crippen LogP contribution is -2.53. The van der Waals surface area contributed by atoms with Crippen molar-refractivity contribution in [2.24, 2.45) is 5.92 Å². The van der Waals surface area contributed by atoms with Crippen LogP contribution in [-0.4, -0.2) is 35.7 Å². The molecule has 1 amide bonds. The lowest BCUT2D eigenvalue weighted by atomic mass is 9.86. The first-order chi connectivity index (χ1) is 8.60. The van der Waals surface area contributed by atoms with Crippen LogP contribution in [0.2, 0.25) is 0 Å². The number of ether oxygens (including phenoxy) is 1. The SMILES string of the molecule is O=C(O)CC1(NC(=O)CCC2CC2)CCOCC1. The molecule has 0 aromatic rings. The van der Waals surface area contributed by atoms with Gasteiger partial charge in [-0.2, -0.15) is 0 Å². The Bertz CT molecular complexity index is 319. The van der Waals surface area contributed by atoms with Crippen molar-refractivity contribution >= 4 is 11.9 Å². The molecule has 1 saturated heterocycles. The molecule has 0 unspecified atom stereocenters. The number of carbonyl (C=O) groups excluding carboxylic acids is 1. The van der Waals surface area contributed by atoms with Crippen molar-refractivity contribution in [1.29, 1.82) is 0 Å². The Hall–Kier alpha value is -1.10. The van der Waals surface area contributed by atoms with Crippen molar-refractivity contribution < 1.29 is 19.4 Å². The van der Waals surface area contributed by atoms with E-state index < -0.39 is 11.5 Å². The summed E-state index contributed by atoms with van der Waals surface area (Å²) in [5, 5.41) is 11.9. The zero-order valence-corrected chi connectivity index (χ0v) is 10.6. The largest absolute Gasteiger partial charge is 0.481 e. The standard InChI is InChI=1S/C13H21NO4/c15-11(4-3-10-1-2-10)14-13(9-12(16)17)5-7-18-8-6-13/h10H,1-9H2,(H,14,15)(H,16,17). The van der Waals surface area contributed by atoms with Crippen molar-refractivity contribution in [3.05, 3.63) is 0 Å². The number of carbonyl (C=O) groups is 2. The van der Waals surface area contributed by atoms with Gasteiger partial charge in [0.25, 0.3) is 0 Å². The zero-order valence-electron chi connectivity index (χ0n) is 10.6. The Kier molecular flexibility index (Phi) is 4.22. The van der Waals surface area contributed by atoms with E-state index in [2.05, 4.69) is 5.32 Å². The van der Waals surface area contributed by atoms with Gasteiger partial charge in [0, 0.05) is 19.6 Å². The Morgan fingerprint density at radius 2 is 1.94 bits per heavy atom. The highest BCUT2D eigenvalue weighted by Gasteiger charge is 2.36. The van der Waals surface area contributed by atoms with E-state index in [1.54, 1.807) is 0 Å². The van der Waals surface area contributed by atoms with E-state index in [1.807, 2.05) is 0 Å². The van der Waals surface area contributed by atoms with Gasteiger partial charge in [-0.25, -0.2) is 0 Å². The molecule has 0 spiro atoms. The molecule has 0 aromatic carbocycles. The smallest absolute Gasteiger partial charge is 0.305 e. The Morgan fingerprint density at radius 1 is 1.28 bits per heavy atom. The number of rotatable bonds is 6. The molecular formula is C13H21NO4. The van der Waals surface area contributed by atoms with Crippen LogP contribution in [0.25, 0.3) is 0 Å². The third-order valence-corrected chi connectivity index (χ3v) is 3.82. The van der Waals surface area contributed by atoms with Crippen LogP contribution in [0.1, 0.15) is 44.9 Å². The van der Waals surface area contributed by atoms with Crippen LogP contribution in [0, 0.1) is 5.92 Å². The summed E-state index contributed by atoms with van der Waals surface area (Å²) in [6.07, 6.45) is 5.11. The third kappa shape index (κ3) is 3.98. The highest BCUT2D eigenvalue weighted by molar-refractivity contribution is 5.78. The molecular weight excluding hydrogens is 234 g/mol. The lowest BCUT2D eigenvalue weighted by Gasteiger charge is -2.36. The van der Waals surface area contributed by atoms with E-state index in [0.717, 1.165) is 12.3 Å². The highest BCUT2D eigenvalue weighted by Crippen LogP contribution is 2.33. The Labute approximate surface area is 107 Å². The number of hydrogen-bond acceptors (Lipinski definition) is 3. The van der Waals surface area contributed by atoms with Gasteiger partial charge >= 0.3 is 5.97 Å². The van der Waals surface area contributed by atoms with Gasteiger partial charge in [0.1, 0.15) is 0 Å². The van der Waals surface area contributed by atoms with E-state index in [1.165, 1.54) is 12.8 Å². The van der Waals surface area contributed by atoms with Crippen molar-refractivity contribution in [3.63, 3.8) is 0 Å². The van der Waals surface area contributed by atoms with Crippen molar-refractivity contribution in [2.75, 3.05) is 13.2 Å². The highest BCUT2D eigenvalue weighted by atomic mass is 16.5. The molecule has 1 aliphatic heterocycles. The van der Waals surface area contributed by atoms with E-state index in [4.69, 9.17) is 9.84 Å². The summed E-state index contributed by atoms with van der Waals surface area (Å²) in [6.45, 7) is 1.05. The van der Waals surface area contributed by atoms with Crippen molar-refractivity contribution in [2.45, 2.75) is 50.5 Å². The monoisotopic (exact) mass is 255 g/mol. The molecule has 2 N–H and O–H groups in total. The third-order valence-electron chi connectivity index (χ3n) is 3.82. The molecule has 0 bridgehead atoms. The number of aliphatic carboxylic acids is 1. The summed E-state index contributed by atoms with van der Waals surface area (Å²) in [5.74, 6) is -0.148. The van der Waals surface area contributed by atoms with Gasteiger partial charge in [-0.3, -0.25) is 9.59 Å². The number of nitrogens with one attached hydrogen (secondary N) is 1. The Morgan fingerprint density at radius 3 is 2.50 bits per heavy atom. The minimum absolute atomic E-state index is 0.00840. The Balaban J connectivity index is 1.86. The minimum Gasteiger partial charge on any atom is -0.481 e. The minimum atomic E-state index is -0.862. The van der Waals surface area contributed by atoms with Crippen molar-refractivity contribution in [3.8, 4) is 0 Å². The fourth-order valence-electron chi connectivity index (χ4n) is 2.50. The molecule has 102 valence electrons. The average Bonchev–Trinajstić information content (AvgIpc) is 3.10. The molecule has 2 rings (SSSR count). The molecule has 18 heavy (non-hydrogen) atoms. The quantitative estimate of drug-likeness (QED) is 0.750. The number of carboxylic acid groups (broad SMARTS) is 1. The summed E-state index contributed by atoms with van der Waals surface area (Å²) < 4.78 is 5.25. The maximum atomic E-state index is 11.9. The lowest BCUT2D eigenvalue weighted by molar-refractivity contribution is -0.140. The number of hydrogen-bond donors (Lipinski definition) is 2. The first-order valence-electron chi connectivity index (χ1n) is 6.70. The normalized spacial score (nSPS) is 22.4. The molecule has 1 heterocycles. The molecule has 0 atom stereocenters. The van der Waals surface area contributed by atoms with Crippen LogP contribution in [-0.2, 0) is 14.3 Å². The molecule has 1 saturated carbocycles. The predicted molar refractivity (Wildman–Crippen MR) is 65.1 cm³/mol. The molecule has 5 heteroatoms. The van der Waals surface area contributed by atoms with Crippen LogP contribution in [0.5, 0.6) is 0 Å². The van der Waals surface area contributed by atoms with Crippen LogP contribution in [0.15, 0.2) is 0 Å². The number of amides is 1. The summed E-state index contributed by atoms with van der Waals surface area (Å²) in [7, 11) is 0. The van der Waals surface area contributed by atoms with Gasteiger partial charge < -0.3 is 15.2 Å². The van der Waals surface area contributed by atoms with Crippen LogP contribution < -0.4 is 5.32 Å². The maximum absolute atomic E-state index is 11.9. The van der Waals surface area contributed by atoms with Gasteiger partial charge in [-0.15, -0.1) is 0 Å². The zero-order chi connectivity index (χ0) is 13.0. The van der Waals surface area contributed by atoms with Crippen LogP contribution >= 0.6 is 0 Å². The second-order valence-corrected chi connectivity index (χ2v) is 5.49. The molecule has 5 nitrogen and oxygen atoms in total. The topological polar surface area (TPSA) is 75.6 Å². The van der Waals surface area contributed by atoms with Gasteiger partial charge in [0.05, 0.1) is 12.0 Å². The molecule has 2 fully saturated rings. The van der Waals surface area contributed by atoms with E-state index in [9.17, 15) is 9.59 Å². The first-order valence-corrected chi connectivity index (χ1v) is 6.70. The van der Waals surface area contributed by atoms with E-state index in [-0.39, 0.29) is 12.3 Å². The maximum Gasteiger partial charge on any atom is 0.305 e. The molecule has 2 aliphatic rings. The predicted octanol–water partition coefficient (Wildman–Crippen LogP) is 1.32. The van der Waals surface area contributed by atoms with Gasteiger partial charge in [0.15, 0.2) is 0 Å². The van der Waals surface area contributed by atoms with Crippen molar-refractivity contribution in [1.82, 2.24) is 5.32 Å². The van der Waals surface area contributed by atoms with Gasteiger partial charge in [0.2, 0.25) is 5.91 Å². The summed E-state index contributed by atoms with van der Waals surface area (Å²) in [6, 6.07) is 0. The van der Waals surface area contributed by atoms with Gasteiger partial charge in [-0.1, -0.05) is 12.8 Å². The molecule has 0 radical (unpaired) electrons. The van der Waals surface area contributed by atoms with E-state index >= 15 is 0 Å². The first kappa shape index (κ1) is 13.3. The fraction of sp³-hybridized carbons (Fsp3) is 0.846.